The smallest absolute Gasteiger partial charge is 0.111 e. The van der Waals surface area contributed by atoms with Gasteiger partial charge in [0.05, 0.1) is 22.8 Å². The SMILES string of the molecule is CNC(Cc1nc2ccccc2n1C)c1cccc(C)n1. The van der Waals surface area contributed by atoms with Crippen LogP contribution >= 0.6 is 0 Å². The summed E-state index contributed by atoms with van der Waals surface area (Å²) < 4.78 is 2.16. The van der Waals surface area contributed by atoms with Gasteiger partial charge in [-0.25, -0.2) is 4.98 Å². The van der Waals surface area contributed by atoms with Gasteiger partial charge in [-0.3, -0.25) is 4.98 Å². The summed E-state index contributed by atoms with van der Waals surface area (Å²) in [5.74, 6) is 1.07. The third-order valence-corrected chi connectivity index (χ3v) is 3.88. The number of fused-ring (bicyclic) bond motifs is 1. The van der Waals surface area contributed by atoms with Gasteiger partial charge >= 0.3 is 0 Å². The number of likely N-dealkylation sites (N-methyl/N-ethyl adjacent to an activating group) is 1. The molecule has 0 bridgehead atoms. The first-order valence-corrected chi connectivity index (χ1v) is 7.20. The fraction of sp³-hybridized carbons (Fsp3) is 0.294. The van der Waals surface area contributed by atoms with Crippen molar-refractivity contribution in [1.82, 2.24) is 19.9 Å². The van der Waals surface area contributed by atoms with Crippen LogP contribution in [0.4, 0.5) is 0 Å². The number of rotatable bonds is 4. The Hall–Kier alpha value is -2.20. The molecule has 21 heavy (non-hydrogen) atoms. The highest BCUT2D eigenvalue weighted by atomic mass is 15.1. The Morgan fingerprint density at radius 3 is 2.62 bits per heavy atom. The zero-order chi connectivity index (χ0) is 14.8. The summed E-state index contributed by atoms with van der Waals surface area (Å²) in [6, 6.07) is 14.5. The molecule has 3 rings (SSSR count). The number of hydrogen-bond acceptors (Lipinski definition) is 3. The maximum absolute atomic E-state index is 4.74. The second-order valence-corrected chi connectivity index (χ2v) is 5.32. The first-order valence-electron chi connectivity index (χ1n) is 7.20. The highest BCUT2D eigenvalue weighted by molar-refractivity contribution is 5.75. The number of pyridine rings is 1. The summed E-state index contributed by atoms with van der Waals surface area (Å²) in [5, 5.41) is 3.35. The van der Waals surface area contributed by atoms with E-state index in [1.807, 2.05) is 32.2 Å². The molecule has 1 unspecified atom stereocenters. The molecule has 1 N–H and O–H groups in total. The third-order valence-electron chi connectivity index (χ3n) is 3.88. The van der Waals surface area contributed by atoms with Crippen molar-refractivity contribution in [3.63, 3.8) is 0 Å². The number of imidazole rings is 1. The quantitative estimate of drug-likeness (QED) is 0.799. The Kier molecular flexibility index (Phi) is 3.71. The number of nitrogens with one attached hydrogen (secondary N) is 1. The van der Waals surface area contributed by atoms with Crippen molar-refractivity contribution < 1.29 is 0 Å². The minimum absolute atomic E-state index is 0.167. The molecular formula is C17H20N4. The highest BCUT2D eigenvalue weighted by Gasteiger charge is 2.16. The Morgan fingerprint density at radius 2 is 1.90 bits per heavy atom. The van der Waals surface area contributed by atoms with E-state index in [1.54, 1.807) is 0 Å². The highest BCUT2D eigenvalue weighted by Crippen LogP contribution is 2.20. The van der Waals surface area contributed by atoms with Gasteiger partial charge in [-0.2, -0.15) is 0 Å². The van der Waals surface area contributed by atoms with E-state index in [0.29, 0.717) is 0 Å². The number of aryl methyl sites for hydroxylation is 2. The summed E-state index contributed by atoms with van der Waals surface area (Å²) in [5.41, 5.74) is 4.31. The molecule has 2 aromatic heterocycles. The Bertz CT molecular complexity index is 760. The van der Waals surface area contributed by atoms with Crippen LogP contribution in [-0.2, 0) is 13.5 Å². The van der Waals surface area contributed by atoms with Gasteiger partial charge in [-0.1, -0.05) is 18.2 Å². The standard InChI is InChI=1S/C17H20N4/c1-12-7-6-9-13(19-12)15(18-2)11-17-20-14-8-4-5-10-16(14)21(17)3/h4-10,15,18H,11H2,1-3H3. The van der Waals surface area contributed by atoms with Crippen molar-refractivity contribution in [2.45, 2.75) is 19.4 Å². The Balaban J connectivity index is 1.94. The average molecular weight is 280 g/mol. The van der Waals surface area contributed by atoms with Gasteiger partial charge in [0.2, 0.25) is 0 Å². The Morgan fingerprint density at radius 1 is 1.10 bits per heavy atom. The zero-order valence-corrected chi connectivity index (χ0v) is 12.7. The molecule has 0 aliphatic carbocycles. The van der Waals surface area contributed by atoms with Crippen molar-refractivity contribution in [1.29, 1.82) is 0 Å². The number of hydrogen-bond donors (Lipinski definition) is 1. The molecule has 0 fully saturated rings. The maximum Gasteiger partial charge on any atom is 0.111 e. The monoisotopic (exact) mass is 280 g/mol. The topological polar surface area (TPSA) is 42.7 Å². The second kappa shape index (κ2) is 5.66. The van der Waals surface area contributed by atoms with Crippen LogP contribution in [0, 0.1) is 6.92 Å². The van der Waals surface area contributed by atoms with Crippen LogP contribution in [0.3, 0.4) is 0 Å². The molecule has 3 aromatic rings. The normalized spacial score (nSPS) is 12.7. The number of para-hydroxylation sites is 2. The largest absolute Gasteiger partial charge is 0.331 e. The maximum atomic E-state index is 4.74. The minimum atomic E-state index is 0.167. The van der Waals surface area contributed by atoms with Crippen LogP contribution in [0.1, 0.15) is 23.3 Å². The van der Waals surface area contributed by atoms with E-state index in [-0.39, 0.29) is 6.04 Å². The third kappa shape index (κ3) is 2.67. The lowest BCUT2D eigenvalue weighted by atomic mass is 10.1. The van der Waals surface area contributed by atoms with Gasteiger partial charge in [-0.05, 0) is 38.2 Å². The van der Waals surface area contributed by atoms with Gasteiger partial charge in [0.25, 0.3) is 0 Å². The van der Waals surface area contributed by atoms with Crippen LogP contribution in [-0.4, -0.2) is 21.6 Å². The van der Waals surface area contributed by atoms with Crippen LogP contribution in [0.5, 0.6) is 0 Å². The van der Waals surface area contributed by atoms with E-state index in [0.717, 1.165) is 29.1 Å². The van der Waals surface area contributed by atoms with Crippen LogP contribution in [0.15, 0.2) is 42.5 Å². The lowest BCUT2D eigenvalue weighted by molar-refractivity contribution is 0.551. The van der Waals surface area contributed by atoms with Crippen LogP contribution in [0.25, 0.3) is 11.0 Å². The molecule has 4 heteroatoms. The molecule has 0 radical (unpaired) electrons. The number of benzene rings is 1. The summed E-state index contributed by atoms with van der Waals surface area (Å²) in [6.45, 7) is 2.02. The molecule has 4 nitrogen and oxygen atoms in total. The summed E-state index contributed by atoms with van der Waals surface area (Å²) in [6.07, 6.45) is 0.818. The molecular weight excluding hydrogens is 260 g/mol. The molecule has 0 amide bonds. The van der Waals surface area contributed by atoms with Crippen molar-refractivity contribution in [2.24, 2.45) is 7.05 Å². The predicted molar refractivity (Wildman–Crippen MR) is 85.2 cm³/mol. The molecule has 0 saturated carbocycles. The lowest BCUT2D eigenvalue weighted by Crippen LogP contribution is -2.21. The number of nitrogens with zero attached hydrogens (tertiary/aromatic N) is 3. The van der Waals surface area contributed by atoms with E-state index >= 15 is 0 Å². The minimum Gasteiger partial charge on any atom is -0.331 e. The van der Waals surface area contributed by atoms with Gasteiger partial charge in [0.1, 0.15) is 5.82 Å². The van der Waals surface area contributed by atoms with Crippen molar-refractivity contribution in [3.8, 4) is 0 Å². The molecule has 108 valence electrons. The molecule has 0 aliphatic heterocycles. The molecule has 0 aliphatic rings. The zero-order valence-electron chi connectivity index (χ0n) is 12.7. The fourth-order valence-electron chi connectivity index (χ4n) is 2.67. The Labute approximate surface area is 124 Å². The van der Waals surface area contributed by atoms with Gasteiger partial charge < -0.3 is 9.88 Å². The summed E-state index contributed by atoms with van der Waals surface area (Å²) >= 11 is 0. The van der Waals surface area contributed by atoms with Crippen LogP contribution in [0.2, 0.25) is 0 Å². The van der Waals surface area contributed by atoms with Crippen LogP contribution < -0.4 is 5.32 Å². The van der Waals surface area contributed by atoms with Crippen molar-refractivity contribution in [2.75, 3.05) is 7.05 Å². The molecule has 2 heterocycles. The molecule has 0 spiro atoms. The number of aromatic nitrogens is 3. The van der Waals surface area contributed by atoms with Gasteiger partial charge in [-0.15, -0.1) is 0 Å². The molecule has 0 saturated heterocycles. The van der Waals surface area contributed by atoms with E-state index in [9.17, 15) is 0 Å². The molecule has 1 atom stereocenters. The molecule has 1 aromatic carbocycles. The predicted octanol–water partition coefficient (Wildman–Crippen LogP) is 2.78. The van der Waals surface area contributed by atoms with Gasteiger partial charge in [0, 0.05) is 19.2 Å². The lowest BCUT2D eigenvalue weighted by Gasteiger charge is -2.16. The van der Waals surface area contributed by atoms with Gasteiger partial charge in [0.15, 0.2) is 0 Å². The average Bonchev–Trinajstić information content (AvgIpc) is 2.81. The van der Waals surface area contributed by atoms with E-state index in [2.05, 4.69) is 46.2 Å². The summed E-state index contributed by atoms with van der Waals surface area (Å²) in [4.78, 5) is 9.37. The first-order chi connectivity index (χ1) is 10.2. The fourth-order valence-corrected chi connectivity index (χ4v) is 2.67. The first kappa shape index (κ1) is 13.8. The second-order valence-electron chi connectivity index (χ2n) is 5.32. The van der Waals surface area contributed by atoms with E-state index in [1.165, 1.54) is 5.52 Å². The van der Waals surface area contributed by atoms with Crippen molar-refractivity contribution >= 4 is 11.0 Å². The van der Waals surface area contributed by atoms with Crippen molar-refractivity contribution in [3.05, 3.63) is 59.7 Å². The van der Waals surface area contributed by atoms with E-state index in [4.69, 9.17) is 4.98 Å². The van der Waals surface area contributed by atoms with E-state index < -0.39 is 0 Å². The summed E-state index contributed by atoms with van der Waals surface area (Å²) in [7, 11) is 4.04.